The van der Waals surface area contributed by atoms with Crippen molar-refractivity contribution in [3.63, 3.8) is 0 Å². The Hall–Kier alpha value is -1.14. The molecule has 0 fully saturated rings. The first-order valence-corrected chi connectivity index (χ1v) is 10.2. The molecule has 0 unspecified atom stereocenters. The molecule has 1 heterocycles. The van der Waals surface area contributed by atoms with E-state index >= 15 is 0 Å². The Morgan fingerprint density at radius 3 is 2.67 bits per heavy atom. The predicted octanol–water partition coefficient (Wildman–Crippen LogP) is 4.67. The molecule has 1 aromatic rings. The molecule has 1 aliphatic rings. The number of rotatable bonds is 6. The maximum Gasteiger partial charge on any atom is 0.341 e. The number of unbranched alkanes of at least 4 members (excludes halogenated alkanes) is 2. The molecule has 0 spiro atoms. The molecular formula is C18H28N2O2S2. The van der Waals surface area contributed by atoms with Gasteiger partial charge in [-0.3, -0.25) is 0 Å². The fourth-order valence-electron chi connectivity index (χ4n) is 3.05. The van der Waals surface area contributed by atoms with Crippen molar-refractivity contribution in [3.05, 3.63) is 16.0 Å². The largest absolute Gasteiger partial charge is 0.465 e. The van der Waals surface area contributed by atoms with Gasteiger partial charge in [0, 0.05) is 11.4 Å². The van der Waals surface area contributed by atoms with Gasteiger partial charge in [-0.15, -0.1) is 11.3 Å². The zero-order valence-corrected chi connectivity index (χ0v) is 16.3. The highest BCUT2D eigenvalue weighted by molar-refractivity contribution is 7.80. The normalized spacial score (nSPS) is 14.2. The third-order valence-electron chi connectivity index (χ3n) is 4.35. The summed E-state index contributed by atoms with van der Waals surface area (Å²) in [6.45, 7) is 3.04. The van der Waals surface area contributed by atoms with Gasteiger partial charge >= 0.3 is 5.97 Å². The molecule has 2 rings (SSSR count). The van der Waals surface area contributed by atoms with Gasteiger partial charge in [0.15, 0.2) is 5.11 Å². The van der Waals surface area contributed by atoms with E-state index in [9.17, 15) is 4.79 Å². The summed E-state index contributed by atoms with van der Waals surface area (Å²) in [6.07, 6.45) is 10.3. The minimum Gasteiger partial charge on any atom is -0.465 e. The van der Waals surface area contributed by atoms with E-state index in [1.54, 1.807) is 11.3 Å². The van der Waals surface area contributed by atoms with E-state index in [-0.39, 0.29) is 5.97 Å². The number of ether oxygens (including phenoxy) is 1. The lowest BCUT2D eigenvalue weighted by Gasteiger charge is -2.12. The van der Waals surface area contributed by atoms with E-state index in [0.29, 0.717) is 10.7 Å². The van der Waals surface area contributed by atoms with Gasteiger partial charge in [0.1, 0.15) is 5.00 Å². The predicted molar refractivity (Wildman–Crippen MR) is 105 cm³/mol. The number of thiocarbonyl (C=S) groups is 1. The molecule has 1 aliphatic carbocycles. The first-order chi connectivity index (χ1) is 11.7. The van der Waals surface area contributed by atoms with Crippen molar-refractivity contribution in [2.75, 3.05) is 19.0 Å². The van der Waals surface area contributed by atoms with Crippen molar-refractivity contribution in [1.82, 2.24) is 5.32 Å². The maximum absolute atomic E-state index is 12.3. The van der Waals surface area contributed by atoms with E-state index in [1.807, 2.05) is 0 Å². The first kappa shape index (κ1) is 19.2. The summed E-state index contributed by atoms with van der Waals surface area (Å²) in [4.78, 5) is 13.6. The van der Waals surface area contributed by atoms with Crippen LogP contribution in [0.25, 0.3) is 0 Å². The molecule has 0 amide bonds. The van der Waals surface area contributed by atoms with Crippen LogP contribution in [-0.4, -0.2) is 24.7 Å². The number of methoxy groups -OCH3 is 1. The van der Waals surface area contributed by atoms with Crippen LogP contribution in [0.15, 0.2) is 0 Å². The number of aryl methyl sites for hydroxylation is 1. The summed E-state index contributed by atoms with van der Waals surface area (Å²) in [5.41, 5.74) is 1.86. The molecule has 2 N–H and O–H groups in total. The van der Waals surface area contributed by atoms with Crippen molar-refractivity contribution in [2.45, 2.75) is 64.7 Å². The third-order valence-corrected chi connectivity index (χ3v) is 5.81. The summed E-state index contributed by atoms with van der Waals surface area (Å²) in [6, 6.07) is 0. The van der Waals surface area contributed by atoms with Crippen LogP contribution in [0.4, 0.5) is 5.00 Å². The average molecular weight is 369 g/mol. The molecule has 4 nitrogen and oxygen atoms in total. The summed E-state index contributed by atoms with van der Waals surface area (Å²) in [5.74, 6) is -0.260. The van der Waals surface area contributed by atoms with Gasteiger partial charge in [0.05, 0.1) is 12.7 Å². The van der Waals surface area contributed by atoms with Gasteiger partial charge in [-0.05, 0) is 49.9 Å². The number of carbonyl (C=O) groups is 1. The Morgan fingerprint density at radius 1 is 1.21 bits per heavy atom. The molecule has 0 saturated heterocycles. The molecule has 0 radical (unpaired) electrons. The van der Waals surface area contributed by atoms with E-state index in [4.69, 9.17) is 17.0 Å². The fourth-order valence-corrected chi connectivity index (χ4v) is 4.60. The summed E-state index contributed by atoms with van der Waals surface area (Å²) < 4.78 is 5.03. The number of nitrogens with one attached hydrogen (secondary N) is 2. The molecule has 24 heavy (non-hydrogen) atoms. The number of thiophene rings is 1. The van der Waals surface area contributed by atoms with Crippen LogP contribution in [0.2, 0.25) is 0 Å². The Morgan fingerprint density at radius 2 is 1.96 bits per heavy atom. The van der Waals surface area contributed by atoms with Crippen molar-refractivity contribution in [3.8, 4) is 0 Å². The van der Waals surface area contributed by atoms with E-state index in [1.165, 1.54) is 49.7 Å². The fraction of sp³-hybridized carbons (Fsp3) is 0.667. The zero-order chi connectivity index (χ0) is 17.4. The summed E-state index contributed by atoms with van der Waals surface area (Å²) in [5, 5.41) is 7.89. The van der Waals surface area contributed by atoms with Crippen molar-refractivity contribution >= 4 is 39.6 Å². The molecule has 0 aliphatic heterocycles. The Bertz CT molecular complexity index is 570. The van der Waals surface area contributed by atoms with E-state index < -0.39 is 0 Å². The van der Waals surface area contributed by atoms with Gasteiger partial charge in [-0.2, -0.15) is 0 Å². The lowest BCUT2D eigenvalue weighted by molar-refractivity contribution is 0.0601. The second kappa shape index (κ2) is 9.99. The van der Waals surface area contributed by atoms with E-state index in [2.05, 4.69) is 17.6 Å². The number of esters is 1. The van der Waals surface area contributed by atoms with Gasteiger partial charge in [-0.25, -0.2) is 4.79 Å². The molecular weight excluding hydrogens is 340 g/mol. The average Bonchev–Trinajstić information content (AvgIpc) is 2.87. The van der Waals surface area contributed by atoms with Gasteiger partial charge < -0.3 is 15.4 Å². The second-order valence-electron chi connectivity index (χ2n) is 6.20. The lowest BCUT2D eigenvalue weighted by Crippen LogP contribution is -2.29. The number of hydrogen-bond donors (Lipinski definition) is 2. The number of fused-ring (bicyclic) bond motifs is 1. The molecule has 6 heteroatoms. The van der Waals surface area contributed by atoms with Gasteiger partial charge in [-0.1, -0.05) is 32.6 Å². The number of hydrogen-bond acceptors (Lipinski definition) is 4. The smallest absolute Gasteiger partial charge is 0.341 e. The van der Waals surface area contributed by atoms with Crippen LogP contribution >= 0.6 is 23.6 Å². The Kier molecular flexibility index (Phi) is 7.99. The summed E-state index contributed by atoms with van der Waals surface area (Å²) >= 11 is 7.06. The molecule has 0 atom stereocenters. The van der Waals surface area contributed by atoms with E-state index in [0.717, 1.165) is 37.2 Å². The van der Waals surface area contributed by atoms with Crippen molar-refractivity contribution in [1.29, 1.82) is 0 Å². The van der Waals surface area contributed by atoms with Crippen molar-refractivity contribution in [2.24, 2.45) is 0 Å². The standard InChI is InChI=1S/C18H28N2O2S2/c1-3-4-9-12-19-18(23)20-16-15(17(21)22-2)13-10-7-5-6-8-11-14(13)24-16/h3-12H2,1-2H3,(H2,19,20,23). The second-order valence-corrected chi connectivity index (χ2v) is 7.72. The third kappa shape index (κ3) is 5.18. The first-order valence-electron chi connectivity index (χ1n) is 8.95. The van der Waals surface area contributed by atoms with Crippen LogP contribution in [0, 0.1) is 0 Å². The maximum atomic E-state index is 12.3. The summed E-state index contributed by atoms with van der Waals surface area (Å²) in [7, 11) is 1.44. The van der Waals surface area contributed by atoms with Crippen LogP contribution in [-0.2, 0) is 17.6 Å². The quantitative estimate of drug-likeness (QED) is 0.434. The molecule has 134 valence electrons. The Balaban J connectivity index is 2.14. The monoisotopic (exact) mass is 368 g/mol. The van der Waals surface area contributed by atoms with Gasteiger partial charge in [0.2, 0.25) is 0 Å². The number of anilines is 1. The molecule has 0 saturated carbocycles. The Labute approximate surface area is 154 Å². The minimum absolute atomic E-state index is 0.260. The van der Waals surface area contributed by atoms with Crippen LogP contribution in [0.5, 0.6) is 0 Å². The molecule has 1 aromatic heterocycles. The highest BCUT2D eigenvalue weighted by atomic mass is 32.1. The van der Waals surface area contributed by atoms with Crippen LogP contribution in [0.3, 0.4) is 0 Å². The van der Waals surface area contributed by atoms with Crippen LogP contribution in [0.1, 0.15) is 72.7 Å². The highest BCUT2D eigenvalue weighted by Crippen LogP contribution is 2.37. The molecule has 0 bridgehead atoms. The minimum atomic E-state index is -0.260. The zero-order valence-electron chi connectivity index (χ0n) is 14.7. The highest BCUT2D eigenvalue weighted by Gasteiger charge is 2.25. The van der Waals surface area contributed by atoms with Crippen LogP contribution < -0.4 is 10.6 Å². The van der Waals surface area contributed by atoms with Gasteiger partial charge in [0.25, 0.3) is 0 Å². The van der Waals surface area contributed by atoms with Crippen molar-refractivity contribution < 1.29 is 9.53 Å². The lowest BCUT2D eigenvalue weighted by atomic mass is 9.96. The number of carbonyl (C=O) groups excluding carboxylic acids is 1. The SMILES string of the molecule is CCCCCNC(=S)Nc1sc2c(c1C(=O)OC)CCCCCC2. The topological polar surface area (TPSA) is 50.4 Å². The molecule has 0 aromatic carbocycles.